The van der Waals surface area contributed by atoms with Crippen LogP contribution in [0, 0.1) is 12.7 Å². The Kier molecular flexibility index (Phi) is 3.79. The van der Waals surface area contributed by atoms with Gasteiger partial charge in [-0.3, -0.25) is 0 Å². The SMILES string of the molecule is Cc1ccc(NC(C)c2nc(C(C)(C)C)no2)cc1F. The summed E-state index contributed by atoms with van der Waals surface area (Å²) in [7, 11) is 0. The van der Waals surface area contributed by atoms with Crippen LogP contribution in [0.2, 0.25) is 0 Å². The molecule has 0 radical (unpaired) electrons. The van der Waals surface area contributed by atoms with Crippen LogP contribution in [0.25, 0.3) is 0 Å². The van der Waals surface area contributed by atoms with Crippen molar-refractivity contribution in [3.63, 3.8) is 0 Å². The van der Waals surface area contributed by atoms with Gasteiger partial charge >= 0.3 is 0 Å². The lowest BCUT2D eigenvalue weighted by molar-refractivity contribution is 0.354. The number of anilines is 1. The fourth-order valence-electron chi connectivity index (χ4n) is 1.71. The van der Waals surface area contributed by atoms with Crippen molar-refractivity contribution in [3.8, 4) is 0 Å². The molecule has 0 aliphatic rings. The van der Waals surface area contributed by atoms with E-state index >= 15 is 0 Å². The normalized spacial score (nSPS) is 13.3. The minimum absolute atomic E-state index is 0.155. The number of nitrogens with one attached hydrogen (secondary N) is 1. The zero-order valence-electron chi connectivity index (χ0n) is 12.5. The van der Waals surface area contributed by atoms with Crippen molar-refractivity contribution in [1.29, 1.82) is 0 Å². The van der Waals surface area contributed by atoms with Crippen LogP contribution in [0.1, 0.15) is 51.0 Å². The van der Waals surface area contributed by atoms with E-state index in [9.17, 15) is 4.39 Å². The molecular weight excluding hydrogens is 257 g/mol. The van der Waals surface area contributed by atoms with E-state index in [0.717, 1.165) is 0 Å². The first kappa shape index (κ1) is 14.5. The van der Waals surface area contributed by atoms with Crippen molar-refractivity contribution < 1.29 is 8.91 Å². The molecule has 0 amide bonds. The summed E-state index contributed by atoms with van der Waals surface area (Å²) in [6.07, 6.45) is 0. The van der Waals surface area contributed by atoms with E-state index in [-0.39, 0.29) is 17.3 Å². The highest BCUT2D eigenvalue weighted by Crippen LogP contribution is 2.23. The first-order valence-corrected chi connectivity index (χ1v) is 6.64. The molecule has 20 heavy (non-hydrogen) atoms. The van der Waals surface area contributed by atoms with Crippen LogP contribution in [0.15, 0.2) is 22.7 Å². The third-order valence-electron chi connectivity index (χ3n) is 3.04. The average molecular weight is 277 g/mol. The Bertz CT molecular complexity index is 601. The number of aryl methyl sites for hydroxylation is 1. The van der Waals surface area contributed by atoms with Crippen molar-refractivity contribution in [3.05, 3.63) is 41.3 Å². The van der Waals surface area contributed by atoms with Crippen molar-refractivity contribution in [1.82, 2.24) is 10.1 Å². The second-order valence-corrected chi connectivity index (χ2v) is 6.04. The van der Waals surface area contributed by atoms with Crippen LogP contribution in [0.5, 0.6) is 0 Å². The summed E-state index contributed by atoms with van der Waals surface area (Å²) in [4.78, 5) is 4.38. The predicted octanol–water partition coefficient (Wildman–Crippen LogP) is 3.99. The second-order valence-electron chi connectivity index (χ2n) is 6.04. The van der Waals surface area contributed by atoms with Crippen LogP contribution < -0.4 is 5.32 Å². The van der Waals surface area contributed by atoms with E-state index in [1.165, 1.54) is 6.07 Å². The minimum Gasteiger partial charge on any atom is -0.374 e. The molecule has 0 aliphatic carbocycles. The van der Waals surface area contributed by atoms with Gasteiger partial charge in [0.15, 0.2) is 5.82 Å². The number of benzene rings is 1. The smallest absolute Gasteiger partial charge is 0.248 e. The predicted molar refractivity (Wildman–Crippen MR) is 76.2 cm³/mol. The van der Waals surface area contributed by atoms with Gasteiger partial charge in [0.2, 0.25) is 5.89 Å². The number of rotatable bonds is 3. The molecule has 0 aliphatic heterocycles. The summed E-state index contributed by atoms with van der Waals surface area (Å²) in [5, 5.41) is 7.14. The fraction of sp³-hybridized carbons (Fsp3) is 0.467. The van der Waals surface area contributed by atoms with E-state index in [1.54, 1.807) is 13.0 Å². The summed E-state index contributed by atoms with van der Waals surface area (Å²) >= 11 is 0. The van der Waals surface area contributed by atoms with Gasteiger partial charge in [-0.15, -0.1) is 0 Å². The number of aromatic nitrogens is 2. The molecule has 1 heterocycles. The van der Waals surface area contributed by atoms with Crippen LogP contribution in [-0.4, -0.2) is 10.1 Å². The molecule has 1 unspecified atom stereocenters. The fourth-order valence-corrected chi connectivity index (χ4v) is 1.71. The molecular formula is C15H20FN3O. The first-order valence-electron chi connectivity index (χ1n) is 6.64. The Hall–Kier alpha value is -1.91. The van der Waals surface area contributed by atoms with Gasteiger partial charge in [0.1, 0.15) is 11.9 Å². The van der Waals surface area contributed by atoms with Gasteiger partial charge < -0.3 is 9.84 Å². The summed E-state index contributed by atoms with van der Waals surface area (Å²) in [5.41, 5.74) is 1.16. The Morgan fingerprint density at radius 2 is 2.00 bits per heavy atom. The average Bonchev–Trinajstić information content (AvgIpc) is 2.83. The molecule has 2 rings (SSSR count). The van der Waals surface area contributed by atoms with Gasteiger partial charge in [0, 0.05) is 11.1 Å². The standard InChI is InChI=1S/C15H20FN3O/c1-9-6-7-11(8-12(9)16)17-10(2)13-18-14(19-20-13)15(3,4)5/h6-8,10,17H,1-5H3. The van der Waals surface area contributed by atoms with E-state index in [4.69, 9.17) is 4.52 Å². The first-order chi connectivity index (χ1) is 9.27. The van der Waals surface area contributed by atoms with Gasteiger partial charge in [0.25, 0.3) is 0 Å². The molecule has 1 N–H and O–H groups in total. The molecule has 0 saturated carbocycles. The lowest BCUT2D eigenvalue weighted by atomic mass is 9.96. The zero-order valence-corrected chi connectivity index (χ0v) is 12.5. The maximum Gasteiger partial charge on any atom is 0.248 e. The van der Waals surface area contributed by atoms with Gasteiger partial charge in [-0.05, 0) is 31.5 Å². The highest BCUT2D eigenvalue weighted by atomic mass is 19.1. The number of nitrogens with zero attached hydrogens (tertiary/aromatic N) is 2. The third kappa shape index (κ3) is 3.15. The van der Waals surface area contributed by atoms with Gasteiger partial charge in [0.05, 0.1) is 0 Å². The monoisotopic (exact) mass is 277 g/mol. The molecule has 5 heteroatoms. The largest absolute Gasteiger partial charge is 0.374 e. The maximum atomic E-state index is 13.5. The van der Waals surface area contributed by atoms with Crippen LogP contribution in [0.3, 0.4) is 0 Å². The molecule has 4 nitrogen and oxygen atoms in total. The molecule has 1 aromatic heterocycles. The molecule has 0 spiro atoms. The Balaban J connectivity index is 2.13. The van der Waals surface area contributed by atoms with Gasteiger partial charge in [-0.2, -0.15) is 4.98 Å². The summed E-state index contributed by atoms with van der Waals surface area (Å²) in [6.45, 7) is 9.70. The molecule has 1 atom stereocenters. The minimum atomic E-state index is -0.233. The molecule has 0 bridgehead atoms. The van der Waals surface area contributed by atoms with E-state index < -0.39 is 0 Å². The van der Waals surface area contributed by atoms with Crippen molar-refractivity contribution >= 4 is 5.69 Å². The van der Waals surface area contributed by atoms with Crippen LogP contribution in [0.4, 0.5) is 10.1 Å². The molecule has 0 fully saturated rings. The Morgan fingerprint density at radius 1 is 1.30 bits per heavy atom. The van der Waals surface area contributed by atoms with Crippen molar-refractivity contribution in [2.45, 2.75) is 46.1 Å². The quantitative estimate of drug-likeness (QED) is 0.921. The summed E-state index contributed by atoms with van der Waals surface area (Å²) in [5.74, 6) is 0.926. The summed E-state index contributed by atoms with van der Waals surface area (Å²) in [6, 6.07) is 4.85. The van der Waals surface area contributed by atoms with Crippen molar-refractivity contribution in [2.75, 3.05) is 5.32 Å². The van der Waals surface area contributed by atoms with E-state index in [2.05, 4.69) is 15.5 Å². The molecule has 108 valence electrons. The Morgan fingerprint density at radius 3 is 2.55 bits per heavy atom. The number of hydrogen-bond acceptors (Lipinski definition) is 4. The second kappa shape index (κ2) is 5.23. The van der Waals surface area contributed by atoms with Crippen LogP contribution in [-0.2, 0) is 5.41 Å². The maximum absolute atomic E-state index is 13.5. The zero-order chi connectivity index (χ0) is 14.9. The lowest BCUT2D eigenvalue weighted by Crippen LogP contribution is -2.14. The lowest BCUT2D eigenvalue weighted by Gasteiger charge is -2.13. The van der Waals surface area contributed by atoms with Gasteiger partial charge in [-0.25, -0.2) is 4.39 Å². The Labute approximate surface area is 118 Å². The number of hydrogen-bond donors (Lipinski definition) is 1. The third-order valence-corrected chi connectivity index (χ3v) is 3.04. The van der Waals surface area contributed by atoms with Crippen molar-refractivity contribution in [2.24, 2.45) is 0 Å². The van der Waals surface area contributed by atoms with Gasteiger partial charge in [-0.1, -0.05) is 32.0 Å². The summed E-state index contributed by atoms with van der Waals surface area (Å²) < 4.78 is 18.8. The molecule has 0 saturated heterocycles. The number of halogens is 1. The highest BCUT2D eigenvalue weighted by molar-refractivity contribution is 5.46. The topological polar surface area (TPSA) is 51.0 Å². The molecule has 2 aromatic rings. The van der Waals surface area contributed by atoms with Crippen LogP contribution >= 0.6 is 0 Å². The molecule has 1 aromatic carbocycles. The highest BCUT2D eigenvalue weighted by Gasteiger charge is 2.23. The van der Waals surface area contributed by atoms with E-state index in [1.807, 2.05) is 33.8 Å². The van der Waals surface area contributed by atoms with E-state index in [0.29, 0.717) is 23.0 Å².